The summed E-state index contributed by atoms with van der Waals surface area (Å²) in [6.07, 6.45) is 4.82. The highest BCUT2D eigenvalue weighted by atomic mass is 32.2. The maximum absolute atomic E-state index is 12.5. The molecule has 1 amide bonds. The fraction of sp³-hybridized carbons (Fsp3) is 0.588. The molecule has 6 heteroatoms. The van der Waals surface area contributed by atoms with Crippen LogP contribution in [-0.4, -0.2) is 37.5 Å². The van der Waals surface area contributed by atoms with Crippen LogP contribution in [0.15, 0.2) is 24.3 Å². The molecule has 0 radical (unpaired) electrons. The number of nitrogens with zero attached hydrogens (tertiary/aromatic N) is 1. The van der Waals surface area contributed by atoms with Crippen molar-refractivity contribution in [1.29, 1.82) is 0 Å². The summed E-state index contributed by atoms with van der Waals surface area (Å²) >= 11 is 0. The number of sulfonamides is 1. The minimum atomic E-state index is -3.33. The first-order chi connectivity index (χ1) is 11.1. The van der Waals surface area contributed by atoms with E-state index < -0.39 is 10.0 Å². The first-order valence-corrected chi connectivity index (χ1v) is 9.99. The maximum atomic E-state index is 12.5. The Morgan fingerprint density at radius 2 is 1.87 bits per heavy atom. The number of fused-ring (bicyclic) bond motifs is 1. The zero-order chi connectivity index (χ0) is 16.3. The third-order valence-electron chi connectivity index (χ3n) is 4.87. The summed E-state index contributed by atoms with van der Waals surface area (Å²) in [5.41, 5.74) is 2.31. The Bertz CT molecular complexity index is 666. The average molecular weight is 336 g/mol. The summed E-state index contributed by atoms with van der Waals surface area (Å²) < 4.78 is 26.5. The summed E-state index contributed by atoms with van der Waals surface area (Å²) in [5, 5.41) is 2.79. The van der Waals surface area contributed by atoms with E-state index in [0.717, 1.165) is 37.7 Å². The second kappa shape index (κ2) is 7.01. The van der Waals surface area contributed by atoms with Gasteiger partial charge in [0.25, 0.3) is 0 Å². The molecule has 23 heavy (non-hydrogen) atoms. The molecular weight excluding hydrogens is 312 g/mol. The molecule has 0 atom stereocenters. The van der Waals surface area contributed by atoms with Gasteiger partial charge in [0.2, 0.25) is 15.9 Å². The van der Waals surface area contributed by atoms with Crippen LogP contribution < -0.4 is 5.32 Å². The number of nitrogens with one attached hydrogen (secondary N) is 1. The van der Waals surface area contributed by atoms with Crippen LogP contribution in [0.2, 0.25) is 0 Å². The number of carbonyl (C=O) groups is 1. The van der Waals surface area contributed by atoms with Crippen LogP contribution in [-0.2, 0) is 27.8 Å². The zero-order valence-electron chi connectivity index (χ0n) is 13.3. The molecule has 1 fully saturated rings. The fourth-order valence-electron chi connectivity index (χ4n) is 3.47. The molecule has 1 heterocycles. The molecule has 0 aromatic heterocycles. The van der Waals surface area contributed by atoms with Crippen molar-refractivity contribution in [3.05, 3.63) is 35.4 Å². The standard InChI is InChI=1S/C17H24N2O3S/c20-17(15-6-2-3-7-15)18-10-12-23(21,22)19-11-9-14-5-1-4-8-16(14)13-19/h1,4-5,8,15H,2-3,6-7,9-13H2,(H,18,20). The van der Waals surface area contributed by atoms with Crippen LogP contribution in [0.3, 0.4) is 0 Å². The van der Waals surface area contributed by atoms with Crippen molar-refractivity contribution in [1.82, 2.24) is 9.62 Å². The van der Waals surface area contributed by atoms with Crippen molar-refractivity contribution in [2.45, 2.75) is 38.6 Å². The molecule has 1 aliphatic heterocycles. The Balaban J connectivity index is 1.52. The summed E-state index contributed by atoms with van der Waals surface area (Å²) in [6, 6.07) is 7.97. The summed E-state index contributed by atoms with van der Waals surface area (Å²) in [4.78, 5) is 12.0. The minimum absolute atomic E-state index is 0.0155. The van der Waals surface area contributed by atoms with E-state index in [-0.39, 0.29) is 24.1 Å². The predicted molar refractivity (Wildman–Crippen MR) is 89.3 cm³/mol. The lowest BCUT2D eigenvalue weighted by atomic mass is 10.0. The topological polar surface area (TPSA) is 66.5 Å². The lowest BCUT2D eigenvalue weighted by Gasteiger charge is -2.28. The van der Waals surface area contributed by atoms with Gasteiger partial charge in [0.15, 0.2) is 0 Å². The quantitative estimate of drug-likeness (QED) is 0.890. The monoisotopic (exact) mass is 336 g/mol. The van der Waals surface area contributed by atoms with Gasteiger partial charge in [0.1, 0.15) is 0 Å². The van der Waals surface area contributed by atoms with Crippen molar-refractivity contribution in [2.75, 3.05) is 18.8 Å². The Morgan fingerprint density at radius 1 is 1.17 bits per heavy atom. The highest BCUT2D eigenvalue weighted by Gasteiger charge is 2.27. The van der Waals surface area contributed by atoms with E-state index in [1.807, 2.05) is 18.2 Å². The lowest BCUT2D eigenvalue weighted by molar-refractivity contribution is -0.124. The number of benzene rings is 1. The molecule has 0 saturated heterocycles. The molecule has 0 spiro atoms. The third kappa shape index (κ3) is 3.93. The van der Waals surface area contributed by atoms with Gasteiger partial charge in [0, 0.05) is 25.6 Å². The fourth-order valence-corrected chi connectivity index (χ4v) is 4.80. The molecule has 1 saturated carbocycles. The normalized spacial score (nSPS) is 19.5. The van der Waals surface area contributed by atoms with Gasteiger partial charge in [-0.2, -0.15) is 4.31 Å². The van der Waals surface area contributed by atoms with E-state index in [2.05, 4.69) is 11.4 Å². The number of amides is 1. The second-order valence-corrected chi connectivity index (χ2v) is 8.53. The van der Waals surface area contributed by atoms with Crippen molar-refractivity contribution in [3.63, 3.8) is 0 Å². The van der Waals surface area contributed by atoms with Crippen LogP contribution in [0.1, 0.15) is 36.8 Å². The summed E-state index contributed by atoms with van der Waals surface area (Å²) in [7, 11) is -3.33. The molecule has 1 aromatic rings. The SMILES string of the molecule is O=C(NCCS(=O)(=O)N1CCc2ccccc2C1)C1CCCC1. The van der Waals surface area contributed by atoms with Gasteiger partial charge in [-0.05, 0) is 30.4 Å². The average Bonchev–Trinajstić information content (AvgIpc) is 3.08. The molecule has 0 unspecified atom stereocenters. The third-order valence-corrected chi connectivity index (χ3v) is 6.69. The van der Waals surface area contributed by atoms with Crippen LogP contribution in [0.25, 0.3) is 0 Å². The Kier molecular flexibility index (Phi) is 5.02. The molecule has 3 rings (SSSR count). The number of hydrogen-bond acceptors (Lipinski definition) is 3. The van der Waals surface area contributed by atoms with E-state index in [1.54, 1.807) is 0 Å². The molecule has 2 aliphatic rings. The molecule has 0 bridgehead atoms. The van der Waals surface area contributed by atoms with Gasteiger partial charge in [-0.1, -0.05) is 37.1 Å². The van der Waals surface area contributed by atoms with Gasteiger partial charge in [-0.15, -0.1) is 0 Å². The summed E-state index contributed by atoms with van der Waals surface area (Å²) in [6.45, 7) is 1.17. The predicted octanol–water partition coefficient (Wildman–Crippen LogP) is 1.68. The highest BCUT2D eigenvalue weighted by Crippen LogP contribution is 2.24. The zero-order valence-corrected chi connectivity index (χ0v) is 14.1. The van der Waals surface area contributed by atoms with Gasteiger partial charge < -0.3 is 5.32 Å². The van der Waals surface area contributed by atoms with Crippen LogP contribution in [0.4, 0.5) is 0 Å². The van der Waals surface area contributed by atoms with Crippen molar-refractivity contribution in [2.24, 2.45) is 5.92 Å². The van der Waals surface area contributed by atoms with Gasteiger partial charge >= 0.3 is 0 Å². The Morgan fingerprint density at radius 3 is 2.61 bits per heavy atom. The van der Waals surface area contributed by atoms with Crippen molar-refractivity contribution < 1.29 is 13.2 Å². The van der Waals surface area contributed by atoms with Crippen molar-refractivity contribution in [3.8, 4) is 0 Å². The van der Waals surface area contributed by atoms with Crippen LogP contribution in [0.5, 0.6) is 0 Å². The van der Waals surface area contributed by atoms with E-state index >= 15 is 0 Å². The summed E-state index contributed by atoms with van der Waals surface area (Å²) in [5.74, 6) is 0.0782. The van der Waals surface area contributed by atoms with E-state index in [9.17, 15) is 13.2 Å². The van der Waals surface area contributed by atoms with Gasteiger partial charge in [-0.25, -0.2) is 8.42 Å². The van der Waals surface area contributed by atoms with E-state index in [0.29, 0.717) is 13.1 Å². The molecule has 1 N–H and O–H groups in total. The molecule has 126 valence electrons. The Labute approximate surface area is 138 Å². The molecule has 5 nitrogen and oxygen atoms in total. The molecule has 1 aliphatic carbocycles. The lowest BCUT2D eigenvalue weighted by Crippen LogP contribution is -2.41. The smallest absolute Gasteiger partial charge is 0.223 e. The van der Waals surface area contributed by atoms with Gasteiger partial charge in [-0.3, -0.25) is 4.79 Å². The minimum Gasteiger partial charge on any atom is -0.355 e. The first-order valence-electron chi connectivity index (χ1n) is 8.38. The largest absolute Gasteiger partial charge is 0.355 e. The van der Waals surface area contributed by atoms with Crippen LogP contribution in [0, 0.1) is 5.92 Å². The second-order valence-electron chi connectivity index (χ2n) is 6.44. The van der Waals surface area contributed by atoms with Gasteiger partial charge in [0.05, 0.1) is 5.75 Å². The first kappa shape index (κ1) is 16.5. The number of carbonyl (C=O) groups excluding carboxylic acids is 1. The van der Waals surface area contributed by atoms with Crippen molar-refractivity contribution >= 4 is 15.9 Å². The van der Waals surface area contributed by atoms with E-state index in [4.69, 9.17) is 0 Å². The Hall–Kier alpha value is -1.40. The number of hydrogen-bond donors (Lipinski definition) is 1. The van der Waals surface area contributed by atoms with E-state index in [1.165, 1.54) is 9.87 Å². The highest BCUT2D eigenvalue weighted by molar-refractivity contribution is 7.89. The molecule has 1 aromatic carbocycles. The maximum Gasteiger partial charge on any atom is 0.223 e. The number of rotatable bonds is 5. The molecular formula is C17H24N2O3S. The van der Waals surface area contributed by atoms with Crippen LogP contribution >= 0.6 is 0 Å².